The van der Waals surface area contributed by atoms with Crippen LogP contribution < -0.4 is 10.1 Å². The van der Waals surface area contributed by atoms with Crippen LogP contribution in [0.5, 0.6) is 5.75 Å². The maximum Gasteiger partial charge on any atom is 0.284 e. The van der Waals surface area contributed by atoms with Crippen LogP contribution in [0, 0.1) is 6.92 Å². The van der Waals surface area contributed by atoms with Gasteiger partial charge in [0, 0.05) is 5.69 Å². The van der Waals surface area contributed by atoms with Crippen molar-refractivity contribution >= 4 is 17.4 Å². The van der Waals surface area contributed by atoms with Crippen molar-refractivity contribution in [3.8, 4) is 5.75 Å². The van der Waals surface area contributed by atoms with E-state index in [-0.39, 0.29) is 5.75 Å². The Hall–Kier alpha value is -1.69. The molecule has 1 aromatic carbocycles. The molecule has 0 spiro atoms. The van der Waals surface area contributed by atoms with E-state index in [4.69, 9.17) is 9.15 Å². The zero-order valence-corrected chi connectivity index (χ0v) is 12.7. The number of ether oxygens (including phenoxy) is 1. The van der Waals surface area contributed by atoms with Gasteiger partial charge >= 0.3 is 0 Å². The van der Waals surface area contributed by atoms with Gasteiger partial charge in [-0.3, -0.25) is 0 Å². The van der Waals surface area contributed by atoms with Crippen LogP contribution >= 0.6 is 11.8 Å². The molecule has 0 unspecified atom stereocenters. The number of halogens is 2. The predicted molar refractivity (Wildman–Crippen MR) is 81.1 cm³/mol. The minimum absolute atomic E-state index is 0.180. The molecule has 21 heavy (non-hydrogen) atoms. The first-order valence-electron chi connectivity index (χ1n) is 6.44. The Kier molecular flexibility index (Phi) is 5.50. The average Bonchev–Trinajstić information content (AvgIpc) is 2.91. The number of anilines is 1. The summed E-state index contributed by atoms with van der Waals surface area (Å²) in [5.74, 6) is -0.112. The van der Waals surface area contributed by atoms with Gasteiger partial charge in [-0.25, -0.2) is 0 Å². The van der Waals surface area contributed by atoms with Crippen LogP contribution in [0.25, 0.3) is 0 Å². The molecule has 0 amide bonds. The summed E-state index contributed by atoms with van der Waals surface area (Å²) >= 11 is 0.557. The highest BCUT2D eigenvalue weighted by molar-refractivity contribution is 7.98. The lowest BCUT2D eigenvalue weighted by atomic mass is 10.2. The normalized spacial score (nSPS) is 10.9. The van der Waals surface area contributed by atoms with E-state index in [0.717, 1.165) is 22.8 Å². The third-order valence-corrected chi connectivity index (χ3v) is 3.66. The van der Waals surface area contributed by atoms with E-state index < -0.39 is 5.76 Å². The molecule has 6 heteroatoms. The van der Waals surface area contributed by atoms with Crippen molar-refractivity contribution in [3.63, 3.8) is 0 Å². The summed E-state index contributed by atoms with van der Waals surface area (Å²) in [6.45, 7) is 2.49. The number of hydrogen-bond donors (Lipinski definition) is 1. The number of rotatable bonds is 7. The molecule has 2 aromatic rings. The van der Waals surface area contributed by atoms with E-state index in [0.29, 0.717) is 24.1 Å². The Labute approximate surface area is 126 Å². The van der Waals surface area contributed by atoms with Crippen molar-refractivity contribution in [2.45, 2.75) is 25.0 Å². The molecule has 0 aliphatic carbocycles. The molecule has 1 aromatic heterocycles. The van der Waals surface area contributed by atoms with Gasteiger partial charge < -0.3 is 14.5 Å². The first kappa shape index (κ1) is 15.7. The molecule has 0 radical (unpaired) electrons. The largest absolute Gasteiger partial charge is 0.497 e. The fourth-order valence-electron chi connectivity index (χ4n) is 1.88. The summed E-state index contributed by atoms with van der Waals surface area (Å²) < 4.78 is 34.9. The molecule has 2 rings (SSSR count). The zero-order chi connectivity index (χ0) is 15.2. The van der Waals surface area contributed by atoms with E-state index in [1.54, 1.807) is 19.2 Å². The molecule has 3 nitrogen and oxygen atoms in total. The first-order valence-corrected chi connectivity index (χ1v) is 7.49. The SMILES string of the molecule is COc1ccc(NCc2ccc(CSC(F)F)o2)c(C)c1. The second-order valence-electron chi connectivity index (χ2n) is 4.47. The van der Waals surface area contributed by atoms with E-state index in [9.17, 15) is 8.78 Å². The van der Waals surface area contributed by atoms with Crippen molar-refractivity contribution < 1.29 is 17.9 Å². The number of alkyl halides is 2. The van der Waals surface area contributed by atoms with Gasteiger partial charge in [0.15, 0.2) is 0 Å². The standard InChI is InChI=1S/C15H17F2NO2S/c1-10-7-11(19-2)5-6-14(10)18-8-12-3-4-13(20-12)9-21-15(16)17/h3-7,15,18H,8-9H2,1-2H3. The fraction of sp³-hybridized carbons (Fsp3) is 0.333. The third kappa shape index (κ3) is 4.67. The topological polar surface area (TPSA) is 34.4 Å². The molecular weight excluding hydrogens is 296 g/mol. The number of hydrogen-bond acceptors (Lipinski definition) is 4. The molecule has 0 bridgehead atoms. The Morgan fingerprint density at radius 3 is 2.67 bits per heavy atom. The van der Waals surface area contributed by atoms with Gasteiger partial charge in [-0.2, -0.15) is 8.78 Å². The average molecular weight is 313 g/mol. The predicted octanol–water partition coefficient (Wildman–Crippen LogP) is 4.66. The molecular formula is C15H17F2NO2S. The van der Waals surface area contributed by atoms with Crippen LogP contribution in [-0.4, -0.2) is 12.9 Å². The van der Waals surface area contributed by atoms with Crippen LogP contribution in [0.3, 0.4) is 0 Å². The summed E-state index contributed by atoms with van der Waals surface area (Å²) in [5.41, 5.74) is 2.05. The van der Waals surface area contributed by atoms with Crippen LogP contribution in [-0.2, 0) is 12.3 Å². The molecule has 0 aliphatic rings. The second-order valence-corrected chi connectivity index (χ2v) is 5.45. The fourth-order valence-corrected chi connectivity index (χ4v) is 2.33. The summed E-state index contributed by atoms with van der Waals surface area (Å²) in [4.78, 5) is 0. The van der Waals surface area contributed by atoms with Crippen molar-refractivity contribution in [1.82, 2.24) is 0 Å². The highest BCUT2D eigenvalue weighted by atomic mass is 32.2. The van der Waals surface area contributed by atoms with Gasteiger partial charge in [0.25, 0.3) is 5.76 Å². The van der Waals surface area contributed by atoms with Crippen LogP contribution in [0.1, 0.15) is 17.1 Å². The van der Waals surface area contributed by atoms with Crippen LogP contribution in [0.2, 0.25) is 0 Å². The summed E-state index contributed by atoms with van der Waals surface area (Å²) in [6, 6.07) is 9.28. The maximum absolute atomic E-state index is 12.1. The second kappa shape index (κ2) is 7.36. The number of thioether (sulfide) groups is 1. The quantitative estimate of drug-likeness (QED) is 0.806. The Morgan fingerprint density at radius 2 is 2.00 bits per heavy atom. The molecule has 1 N–H and O–H groups in total. The number of nitrogens with one attached hydrogen (secondary N) is 1. The van der Waals surface area contributed by atoms with Crippen molar-refractivity contribution in [3.05, 3.63) is 47.4 Å². The first-order chi connectivity index (χ1) is 10.1. The monoisotopic (exact) mass is 313 g/mol. The summed E-state index contributed by atoms with van der Waals surface area (Å²) in [6.07, 6.45) is 0. The van der Waals surface area contributed by atoms with Gasteiger partial charge in [0.2, 0.25) is 0 Å². The minimum atomic E-state index is -2.38. The smallest absolute Gasteiger partial charge is 0.284 e. The number of aryl methyl sites for hydroxylation is 1. The van der Waals surface area contributed by atoms with Crippen LogP contribution in [0.15, 0.2) is 34.7 Å². The molecule has 0 aliphatic heterocycles. The Morgan fingerprint density at radius 1 is 1.24 bits per heavy atom. The lowest BCUT2D eigenvalue weighted by Crippen LogP contribution is -2.00. The Bertz CT molecular complexity index is 587. The zero-order valence-electron chi connectivity index (χ0n) is 11.9. The van der Waals surface area contributed by atoms with Gasteiger partial charge in [0.05, 0.1) is 19.4 Å². The van der Waals surface area contributed by atoms with Gasteiger partial charge in [0.1, 0.15) is 17.3 Å². The van der Waals surface area contributed by atoms with Crippen LogP contribution in [0.4, 0.5) is 14.5 Å². The molecule has 114 valence electrons. The number of furan rings is 1. The maximum atomic E-state index is 12.1. The number of methoxy groups -OCH3 is 1. The molecule has 1 heterocycles. The van der Waals surface area contributed by atoms with E-state index in [1.165, 1.54) is 0 Å². The Balaban J connectivity index is 1.91. The summed E-state index contributed by atoms with van der Waals surface area (Å²) in [7, 11) is 1.63. The molecule has 0 atom stereocenters. The lowest BCUT2D eigenvalue weighted by Gasteiger charge is -2.09. The minimum Gasteiger partial charge on any atom is -0.497 e. The van der Waals surface area contributed by atoms with E-state index in [2.05, 4.69) is 5.32 Å². The van der Waals surface area contributed by atoms with E-state index in [1.807, 2.05) is 25.1 Å². The van der Waals surface area contributed by atoms with Crippen molar-refractivity contribution in [2.75, 3.05) is 12.4 Å². The highest BCUT2D eigenvalue weighted by Gasteiger charge is 2.08. The van der Waals surface area contributed by atoms with Gasteiger partial charge in [-0.1, -0.05) is 11.8 Å². The van der Waals surface area contributed by atoms with Crippen molar-refractivity contribution in [2.24, 2.45) is 0 Å². The van der Waals surface area contributed by atoms with E-state index >= 15 is 0 Å². The van der Waals surface area contributed by atoms with Crippen molar-refractivity contribution in [1.29, 1.82) is 0 Å². The summed E-state index contributed by atoms with van der Waals surface area (Å²) in [5, 5.41) is 3.25. The molecule has 0 saturated heterocycles. The highest BCUT2D eigenvalue weighted by Crippen LogP contribution is 2.23. The third-order valence-electron chi connectivity index (χ3n) is 2.96. The van der Waals surface area contributed by atoms with Gasteiger partial charge in [-0.05, 0) is 42.8 Å². The molecule has 0 fully saturated rings. The number of benzene rings is 1. The molecule has 0 saturated carbocycles. The van der Waals surface area contributed by atoms with Gasteiger partial charge in [-0.15, -0.1) is 0 Å². The lowest BCUT2D eigenvalue weighted by molar-refractivity contribution is 0.251.